The van der Waals surface area contributed by atoms with Gasteiger partial charge in [-0.1, -0.05) is 0 Å². The topological polar surface area (TPSA) is 161 Å². The van der Waals surface area contributed by atoms with Crippen LogP contribution in [0, 0.1) is 5.92 Å². The van der Waals surface area contributed by atoms with E-state index in [2.05, 4.69) is 15.6 Å². The molecule has 154 valence electrons. The highest BCUT2D eigenvalue weighted by Gasteiger charge is 2.64. The van der Waals surface area contributed by atoms with Crippen LogP contribution in [0.5, 0.6) is 0 Å². The van der Waals surface area contributed by atoms with Crippen LogP contribution in [0.1, 0.15) is 13.3 Å². The van der Waals surface area contributed by atoms with Crippen molar-refractivity contribution in [3.8, 4) is 0 Å². The zero-order valence-electron chi connectivity index (χ0n) is 15.2. The molecule has 4 heterocycles. The van der Waals surface area contributed by atoms with Crippen molar-refractivity contribution in [2.75, 3.05) is 19.0 Å². The van der Waals surface area contributed by atoms with Gasteiger partial charge >= 0.3 is 0 Å². The second-order valence-corrected chi connectivity index (χ2v) is 8.25. The van der Waals surface area contributed by atoms with E-state index in [1.54, 1.807) is 24.5 Å². The lowest BCUT2D eigenvalue weighted by Crippen LogP contribution is -2.83. The Morgan fingerprint density at radius 3 is 2.68 bits per heavy atom. The molecule has 10 nitrogen and oxygen atoms in total. The third kappa shape index (κ3) is 3.49. The van der Waals surface area contributed by atoms with Gasteiger partial charge in [-0.2, -0.15) is 0 Å². The van der Waals surface area contributed by atoms with E-state index in [4.69, 9.17) is 4.74 Å². The van der Waals surface area contributed by atoms with E-state index in [0.717, 1.165) is 11.8 Å². The van der Waals surface area contributed by atoms with Gasteiger partial charge in [0.2, 0.25) is 5.72 Å². The smallest absolute Gasteiger partial charge is 0.278 e. The standard InChI is InChI=1S/C17H23N3O7S/c1-15(25,9-21)12(22)17-14(24)19-16(26,13(23)20-17)10(4-7-27-17)8-28-11-2-5-18-6-3-11/h2-3,5-6,10,12,21-22,25-26H,4,7-9H2,1H3,(H,19,24)(H,20,23)/t10?,12-,15+,16+,17-/m0/s1. The molecule has 3 saturated heterocycles. The van der Waals surface area contributed by atoms with Crippen molar-refractivity contribution in [2.24, 2.45) is 5.92 Å². The average Bonchev–Trinajstić information content (AvgIpc) is 2.67. The van der Waals surface area contributed by atoms with Gasteiger partial charge in [0.15, 0.2) is 0 Å². The first-order chi connectivity index (χ1) is 13.2. The molecule has 11 heteroatoms. The van der Waals surface area contributed by atoms with Crippen LogP contribution in [0.3, 0.4) is 0 Å². The van der Waals surface area contributed by atoms with Crippen LogP contribution in [0.4, 0.5) is 0 Å². The zero-order valence-corrected chi connectivity index (χ0v) is 16.0. The number of hydrogen-bond donors (Lipinski definition) is 6. The Labute approximate surface area is 165 Å². The van der Waals surface area contributed by atoms with Crippen molar-refractivity contribution in [3.05, 3.63) is 24.5 Å². The SMILES string of the molecule is C[C@@](O)(CO)[C@H](O)[C@@]12NC(=O)[C@@](O)(NC1=O)C(CSc1ccncc1)CCO2. The van der Waals surface area contributed by atoms with Crippen molar-refractivity contribution < 1.29 is 34.8 Å². The fourth-order valence-electron chi connectivity index (χ4n) is 3.23. The fraction of sp³-hybridized carbons (Fsp3) is 0.588. The quantitative estimate of drug-likeness (QED) is 0.288. The van der Waals surface area contributed by atoms with Gasteiger partial charge in [0.05, 0.1) is 13.2 Å². The van der Waals surface area contributed by atoms with E-state index in [1.165, 1.54) is 11.8 Å². The Hall–Kier alpha value is -1.76. The van der Waals surface area contributed by atoms with Crippen LogP contribution in [-0.4, -0.2) is 79.3 Å². The van der Waals surface area contributed by atoms with Gasteiger partial charge in [-0.3, -0.25) is 14.6 Å². The van der Waals surface area contributed by atoms with Gasteiger partial charge in [-0.25, -0.2) is 0 Å². The number of aromatic nitrogens is 1. The fourth-order valence-corrected chi connectivity index (χ4v) is 4.35. The molecular weight excluding hydrogens is 390 g/mol. The summed E-state index contributed by atoms with van der Waals surface area (Å²) < 4.78 is 5.52. The maximum atomic E-state index is 12.7. The molecule has 0 radical (unpaired) electrons. The molecular formula is C17H23N3O7S. The van der Waals surface area contributed by atoms with E-state index in [1.807, 2.05) is 0 Å². The van der Waals surface area contributed by atoms with Crippen LogP contribution < -0.4 is 10.6 Å². The highest BCUT2D eigenvalue weighted by atomic mass is 32.2. The Balaban J connectivity index is 1.84. The number of fused-ring (bicyclic) bond motifs is 5. The second kappa shape index (κ2) is 7.58. The molecule has 28 heavy (non-hydrogen) atoms. The molecule has 3 fully saturated rings. The minimum Gasteiger partial charge on any atom is -0.393 e. The number of ether oxygens (including phenoxy) is 1. The summed E-state index contributed by atoms with van der Waals surface area (Å²) in [5.41, 5.74) is -6.65. The van der Waals surface area contributed by atoms with Gasteiger partial charge in [0, 0.05) is 29.0 Å². The number of pyridine rings is 1. The number of carbonyl (C=O) groups is 2. The molecule has 1 unspecified atom stereocenters. The minimum atomic E-state index is -2.32. The van der Waals surface area contributed by atoms with E-state index in [-0.39, 0.29) is 13.0 Å². The van der Waals surface area contributed by atoms with Crippen molar-refractivity contribution in [1.29, 1.82) is 0 Å². The maximum Gasteiger partial charge on any atom is 0.278 e. The number of aliphatic hydroxyl groups is 4. The van der Waals surface area contributed by atoms with Crippen LogP contribution in [-0.2, 0) is 14.3 Å². The summed E-state index contributed by atoms with van der Waals surface area (Å²) in [6.45, 7) is 0.150. The molecule has 2 bridgehead atoms. The van der Waals surface area contributed by atoms with Gasteiger partial charge in [0.25, 0.3) is 17.5 Å². The average molecular weight is 413 g/mol. The summed E-state index contributed by atoms with van der Waals surface area (Å²) in [5.74, 6) is -2.33. The maximum absolute atomic E-state index is 12.7. The largest absolute Gasteiger partial charge is 0.393 e. The normalized spacial score (nSPS) is 33.2. The van der Waals surface area contributed by atoms with Crippen LogP contribution in [0.15, 0.2) is 29.4 Å². The summed E-state index contributed by atoms with van der Waals surface area (Å²) in [6, 6.07) is 3.57. The Bertz CT molecular complexity index is 750. The molecule has 0 aliphatic carbocycles. The van der Waals surface area contributed by atoms with Gasteiger partial charge in [0.1, 0.15) is 11.7 Å². The molecule has 1 aromatic heterocycles. The lowest BCUT2D eigenvalue weighted by Gasteiger charge is -2.51. The first-order valence-electron chi connectivity index (χ1n) is 8.71. The van der Waals surface area contributed by atoms with Crippen molar-refractivity contribution >= 4 is 23.6 Å². The molecule has 1 aromatic rings. The van der Waals surface area contributed by atoms with E-state index < -0.39 is 47.5 Å². The number of hydrogen-bond acceptors (Lipinski definition) is 9. The van der Waals surface area contributed by atoms with Crippen molar-refractivity contribution in [1.82, 2.24) is 15.6 Å². The van der Waals surface area contributed by atoms with Crippen LogP contribution >= 0.6 is 11.8 Å². The summed E-state index contributed by atoms with van der Waals surface area (Å²) in [6.07, 6.45) is 1.48. The second-order valence-electron chi connectivity index (χ2n) is 7.16. The summed E-state index contributed by atoms with van der Waals surface area (Å²) in [5, 5.41) is 45.4. The number of rotatable bonds is 6. The van der Waals surface area contributed by atoms with Crippen LogP contribution in [0.2, 0.25) is 0 Å². The number of nitrogens with zero attached hydrogens (tertiary/aromatic N) is 1. The number of carbonyl (C=O) groups excluding carboxylic acids is 2. The lowest BCUT2D eigenvalue weighted by molar-refractivity contribution is -0.240. The molecule has 0 spiro atoms. The van der Waals surface area contributed by atoms with Crippen molar-refractivity contribution in [3.63, 3.8) is 0 Å². The zero-order chi connectivity index (χ0) is 20.6. The number of aliphatic hydroxyl groups excluding tert-OH is 2. The first kappa shape index (κ1) is 21.0. The van der Waals surface area contributed by atoms with Crippen molar-refractivity contribution in [2.45, 2.75) is 41.4 Å². The Morgan fingerprint density at radius 1 is 1.36 bits per heavy atom. The first-order valence-corrected chi connectivity index (χ1v) is 9.70. The van der Waals surface area contributed by atoms with Gasteiger partial charge in [-0.05, 0) is 25.5 Å². The summed E-state index contributed by atoms with van der Waals surface area (Å²) in [4.78, 5) is 30.3. The summed E-state index contributed by atoms with van der Waals surface area (Å²) in [7, 11) is 0. The monoisotopic (exact) mass is 413 g/mol. The number of thioether (sulfide) groups is 1. The van der Waals surface area contributed by atoms with Gasteiger partial charge < -0.3 is 35.8 Å². The Morgan fingerprint density at radius 2 is 2.04 bits per heavy atom. The number of amides is 2. The minimum absolute atomic E-state index is 0.0733. The van der Waals surface area contributed by atoms with E-state index in [9.17, 15) is 30.0 Å². The van der Waals surface area contributed by atoms with Crippen LogP contribution in [0.25, 0.3) is 0 Å². The van der Waals surface area contributed by atoms with E-state index in [0.29, 0.717) is 5.75 Å². The molecule has 0 saturated carbocycles. The molecule has 2 amide bonds. The Kier molecular flexibility index (Phi) is 5.67. The molecule has 5 atom stereocenters. The predicted octanol–water partition coefficient (Wildman–Crippen LogP) is -2.05. The third-order valence-corrected chi connectivity index (χ3v) is 6.24. The lowest BCUT2D eigenvalue weighted by atomic mass is 9.83. The van der Waals surface area contributed by atoms with E-state index >= 15 is 0 Å². The summed E-state index contributed by atoms with van der Waals surface area (Å²) >= 11 is 1.39. The molecule has 3 aliphatic rings. The molecule has 0 aromatic carbocycles. The molecule has 6 N–H and O–H groups in total. The van der Waals surface area contributed by atoms with Gasteiger partial charge in [-0.15, -0.1) is 11.8 Å². The number of nitrogens with one attached hydrogen (secondary N) is 2. The molecule has 4 rings (SSSR count). The highest BCUT2D eigenvalue weighted by molar-refractivity contribution is 7.99. The number of piperazine rings is 1. The predicted molar refractivity (Wildman–Crippen MR) is 96.7 cm³/mol. The highest BCUT2D eigenvalue weighted by Crippen LogP contribution is 2.36. The third-order valence-electron chi connectivity index (χ3n) is 5.07. The molecule has 3 aliphatic heterocycles.